The van der Waals surface area contributed by atoms with Crippen LogP contribution in [-0.4, -0.2) is 40.8 Å². The number of alkyl halides is 2. The van der Waals surface area contributed by atoms with Crippen molar-refractivity contribution in [2.24, 2.45) is 5.92 Å². The minimum atomic E-state index is -2.51. The number of nitrogens with zero attached hydrogens (tertiary/aromatic N) is 1. The summed E-state index contributed by atoms with van der Waals surface area (Å²) < 4.78 is 47.6. The van der Waals surface area contributed by atoms with E-state index >= 15 is 0 Å². The zero-order chi connectivity index (χ0) is 14.1. The fourth-order valence-electron chi connectivity index (χ4n) is 2.74. The highest BCUT2D eigenvalue weighted by molar-refractivity contribution is 7.75. The third-order valence-electron chi connectivity index (χ3n) is 3.66. The molecule has 20 heavy (non-hydrogen) atoms. The highest BCUT2D eigenvalue weighted by Gasteiger charge is 2.48. The summed E-state index contributed by atoms with van der Waals surface area (Å²) in [5, 5.41) is 0. The van der Waals surface area contributed by atoms with Crippen LogP contribution < -0.4 is 0 Å². The molecule has 0 aliphatic carbocycles. The first-order valence-corrected chi connectivity index (χ1v) is 7.44. The van der Waals surface area contributed by atoms with Crippen molar-refractivity contribution in [1.82, 2.24) is 4.90 Å². The van der Waals surface area contributed by atoms with Crippen LogP contribution in [0.5, 0.6) is 0 Å². The fourth-order valence-corrected chi connectivity index (χ4v) is 3.60. The van der Waals surface area contributed by atoms with Crippen molar-refractivity contribution in [1.29, 1.82) is 0 Å². The molecule has 0 saturated carbocycles. The summed E-state index contributed by atoms with van der Waals surface area (Å²) in [5.41, 5.74) is 1.05. The Morgan fingerprint density at radius 1 is 1.25 bits per heavy atom. The molecular weight excluding hydrogens is 288 g/mol. The Balaban J connectivity index is 1.73. The van der Waals surface area contributed by atoms with Gasteiger partial charge in [-0.05, 0) is 5.56 Å². The number of hydrogen-bond acceptors (Lipinski definition) is 4. The van der Waals surface area contributed by atoms with E-state index in [2.05, 4.69) is 0 Å². The SMILES string of the molecule is O=S1OC2CN(Cc3ccccc3)CC(C(F)F)[C@H]2O1. The van der Waals surface area contributed by atoms with Crippen LogP contribution >= 0.6 is 0 Å². The second-order valence-electron chi connectivity index (χ2n) is 5.08. The van der Waals surface area contributed by atoms with E-state index in [0.29, 0.717) is 13.1 Å². The van der Waals surface area contributed by atoms with Crippen LogP contribution in [0.15, 0.2) is 30.3 Å². The summed E-state index contributed by atoms with van der Waals surface area (Å²) in [6.45, 7) is 1.24. The molecule has 2 saturated heterocycles. The predicted molar refractivity (Wildman–Crippen MR) is 69.1 cm³/mol. The van der Waals surface area contributed by atoms with Crippen molar-refractivity contribution in [3.63, 3.8) is 0 Å². The minimum Gasteiger partial charge on any atom is -0.296 e. The fraction of sp³-hybridized carbons (Fsp3) is 0.538. The lowest BCUT2D eigenvalue weighted by atomic mass is 9.92. The molecule has 0 bridgehead atoms. The molecule has 110 valence electrons. The number of hydrogen-bond donors (Lipinski definition) is 0. The highest BCUT2D eigenvalue weighted by atomic mass is 32.2. The highest BCUT2D eigenvalue weighted by Crippen LogP contribution is 2.33. The Kier molecular flexibility index (Phi) is 4.11. The smallest absolute Gasteiger partial charge is 0.296 e. The molecular formula is C13H15F2NO3S. The van der Waals surface area contributed by atoms with E-state index < -0.39 is 35.9 Å². The second-order valence-corrected chi connectivity index (χ2v) is 5.87. The molecule has 7 heteroatoms. The standard InChI is InChI=1S/C13H15F2NO3S/c14-13(15)10-7-16(6-9-4-2-1-3-5-9)8-11-12(10)19-20(17)18-11/h1-5,10-13H,6-8H2/t10?,11?,12-,20?/m1/s1. The largest absolute Gasteiger partial charge is 0.305 e. The summed E-state index contributed by atoms with van der Waals surface area (Å²) in [7, 11) is 0. The Labute approximate surface area is 118 Å². The maximum Gasteiger partial charge on any atom is 0.305 e. The molecule has 4 nitrogen and oxygen atoms in total. The topological polar surface area (TPSA) is 38.8 Å². The lowest BCUT2D eigenvalue weighted by Crippen LogP contribution is -2.52. The van der Waals surface area contributed by atoms with Crippen molar-refractivity contribution < 1.29 is 21.4 Å². The maximum atomic E-state index is 13.1. The van der Waals surface area contributed by atoms with Crippen molar-refractivity contribution in [3.8, 4) is 0 Å². The number of fused-ring (bicyclic) bond motifs is 1. The average molecular weight is 303 g/mol. The van der Waals surface area contributed by atoms with E-state index in [1.807, 2.05) is 35.2 Å². The first-order valence-electron chi connectivity index (χ1n) is 6.44. The zero-order valence-corrected chi connectivity index (χ0v) is 11.5. The Hall–Kier alpha value is -0.890. The number of likely N-dealkylation sites (tertiary alicyclic amines) is 1. The molecule has 4 atom stereocenters. The van der Waals surface area contributed by atoms with Crippen molar-refractivity contribution in [2.75, 3.05) is 13.1 Å². The maximum absolute atomic E-state index is 13.1. The number of benzene rings is 1. The summed E-state index contributed by atoms with van der Waals surface area (Å²) in [5.74, 6) is -0.969. The molecule has 3 unspecified atom stereocenters. The van der Waals surface area contributed by atoms with Gasteiger partial charge in [-0.15, -0.1) is 0 Å². The number of halogens is 2. The first kappa shape index (κ1) is 14.1. The van der Waals surface area contributed by atoms with Crippen molar-refractivity contribution in [3.05, 3.63) is 35.9 Å². The minimum absolute atomic E-state index is 0.217. The van der Waals surface area contributed by atoms with Crippen LogP contribution in [0.3, 0.4) is 0 Å². The summed E-state index contributed by atoms with van der Waals surface area (Å²) in [6.07, 6.45) is -3.84. The quantitative estimate of drug-likeness (QED) is 0.853. The van der Waals surface area contributed by atoms with Gasteiger partial charge in [0.15, 0.2) is 0 Å². The van der Waals surface area contributed by atoms with Gasteiger partial charge in [-0.25, -0.2) is 8.78 Å². The van der Waals surface area contributed by atoms with Crippen LogP contribution in [0, 0.1) is 5.92 Å². The van der Waals surface area contributed by atoms with Gasteiger partial charge in [0.2, 0.25) is 6.43 Å². The van der Waals surface area contributed by atoms with Crippen LogP contribution in [0.1, 0.15) is 5.56 Å². The van der Waals surface area contributed by atoms with Crippen LogP contribution in [-0.2, 0) is 26.3 Å². The molecule has 0 radical (unpaired) electrons. The monoisotopic (exact) mass is 303 g/mol. The van der Waals surface area contributed by atoms with Gasteiger partial charge in [-0.3, -0.25) is 13.3 Å². The van der Waals surface area contributed by atoms with Crippen LogP contribution in [0.2, 0.25) is 0 Å². The van der Waals surface area contributed by atoms with Crippen LogP contribution in [0.4, 0.5) is 8.78 Å². The number of piperidine rings is 1. The molecule has 1 aromatic rings. The molecule has 2 heterocycles. The Bertz CT molecular complexity index is 488. The molecule has 0 aromatic heterocycles. The van der Waals surface area contributed by atoms with Crippen molar-refractivity contribution >= 4 is 11.4 Å². The second kappa shape index (κ2) is 5.85. The molecule has 2 fully saturated rings. The Morgan fingerprint density at radius 3 is 2.70 bits per heavy atom. The molecule has 0 amide bonds. The lowest BCUT2D eigenvalue weighted by molar-refractivity contribution is -0.0637. The average Bonchev–Trinajstić information content (AvgIpc) is 2.79. The molecule has 2 aliphatic heterocycles. The summed E-state index contributed by atoms with van der Waals surface area (Å²) >= 11 is -1.90. The molecule has 2 aliphatic rings. The van der Waals surface area contributed by atoms with Crippen molar-refractivity contribution in [2.45, 2.75) is 25.2 Å². The summed E-state index contributed by atoms with van der Waals surface area (Å²) in [4.78, 5) is 1.90. The first-order chi connectivity index (χ1) is 9.63. The molecule has 0 N–H and O–H groups in total. The van der Waals surface area contributed by atoms with Gasteiger partial charge in [-0.2, -0.15) is 4.21 Å². The van der Waals surface area contributed by atoms with Gasteiger partial charge in [0.1, 0.15) is 12.2 Å². The van der Waals surface area contributed by atoms with E-state index in [1.165, 1.54) is 0 Å². The molecule has 1 aromatic carbocycles. The third kappa shape index (κ3) is 2.90. The lowest BCUT2D eigenvalue weighted by Gasteiger charge is -2.37. The third-order valence-corrected chi connectivity index (χ3v) is 4.44. The zero-order valence-electron chi connectivity index (χ0n) is 10.7. The predicted octanol–water partition coefficient (Wildman–Crippen LogP) is 1.75. The molecule has 3 rings (SSSR count). The van der Waals surface area contributed by atoms with E-state index in [4.69, 9.17) is 8.37 Å². The normalized spacial score (nSPS) is 34.4. The van der Waals surface area contributed by atoms with E-state index in [-0.39, 0.29) is 6.54 Å². The van der Waals surface area contributed by atoms with E-state index in [0.717, 1.165) is 5.56 Å². The van der Waals surface area contributed by atoms with Gasteiger partial charge in [0.05, 0.1) is 5.92 Å². The Morgan fingerprint density at radius 2 is 2.00 bits per heavy atom. The van der Waals surface area contributed by atoms with E-state index in [9.17, 15) is 13.0 Å². The number of rotatable bonds is 3. The van der Waals surface area contributed by atoms with Gasteiger partial charge < -0.3 is 0 Å². The van der Waals surface area contributed by atoms with E-state index in [1.54, 1.807) is 0 Å². The van der Waals surface area contributed by atoms with Gasteiger partial charge >= 0.3 is 11.4 Å². The van der Waals surface area contributed by atoms with Gasteiger partial charge in [-0.1, -0.05) is 30.3 Å². The van der Waals surface area contributed by atoms with Gasteiger partial charge in [0, 0.05) is 19.6 Å². The molecule has 0 spiro atoms. The summed E-state index contributed by atoms with van der Waals surface area (Å²) in [6, 6.07) is 9.64. The van der Waals surface area contributed by atoms with Crippen LogP contribution in [0.25, 0.3) is 0 Å². The van der Waals surface area contributed by atoms with Gasteiger partial charge in [0.25, 0.3) is 0 Å².